The SMILES string of the molecule is CC1(NC(=O)c2c(F)cccc2Br)CCNC1. The van der Waals surface area contributed by atoms with Crippen LogP contribution in [-0.2, 0) is 0 Å². The van der Waals surface area contributed by atoms with E-state index in [1.54, 1.807) is 12.1 Å². The Hall–Kier alpha value is -0.940. The highest BCUT2D eigenvalue weighted by molar-refractivity contribution is 9.10. The number of rotatable bonds is 2. The van der Waals surface area contributed by atoms with E-state index in [9.17, 15) is 9.18 Å². The zero-order valence-corrected chi connectivity index (χ0v) is 11.1. The van der Waals surface area contributed by atoms with E-state index in [0.717, 1.165) is 13.0 Å². The van der Waals surface area contributed by atoms with Crippen LogP contribution in [0.15, 0.2) is 22.7 Å². The van der Waals surface area contributed by atoms with Crippen LogP contribution in [0.25, 0.3) is 0 Å². The molecule has 92 valence electrons. The van der Waals surface area contributed by atoms with E-state index in [-0.39, 0.29) is 17.0 Å². The number of halogens is 2. The number of benzene rings is 1. The Morgan fingerprint density at radius 2 is 2.35 bits per heavy atom. The third kappa shape index (κ3) is 2.66. The fraction of sp³-hybridized carbons (Fsp3) is 0.417. The minimum atomic E-state index is -0.508. The molecule has 0 bridgehead atoms. The van der Waals surface area contributed by atoms with E-state index in [2.05, 4.69) is 26.6 Å². The van der Waals surface area contributed by atoms with Gasteiger partial charge >= 0.3 is 0 Å². The topological polar surface area (TPSA) is 41.1 Å². The van der Waals surface area contributed by atoms with Gasteiger partial charge in [-0.3, -0.25) is 4.79 Å². The van der Waals surface area contributed by atoms with Crippen LogP contribution in [0.1, 0.15) is 23.7 Å². The third-order valence-corrected chi connectivity index (χ3v) is 3.63. The van der Waals surface area contributed by atoms with Crippen molar-refractivity contribution in [2.45, 2.75) is 18.9 Å². The predicted molar refractivity (Wildman–Crippen MR) is 67.5 cm³/mol. The second-order valence-electron chi connectivity index (χ2n) is 4.54. The molecule has 1 heterocycles. The fourth-order valence-corrected chi connectivity index (χ4v) is 2.50. The molecule has 0 spiro atoms. The van der Waals surface area contributed by atoms with Crippen molar-refractivity contribution in [3.05, 3.63) is 34.1 Å². The molecule has 1 aliphatic heterocycles. The second kappa shape index (κ2) is 4.74. The molecule has 1 aliphatic rings. The highest BCUT2D eigenvalue weighted by atomic mass is 79.9. The first kappa shape index (κ1) is 12.5. The smallest absolute Gasteiger partial charge is 0.255 e. The maximum absolute atomic E-state index is 13.6. The van der Waals surface area contributed by atoms with Gasteiger partial charge in [0.15, 0.2) is 0 Å². The summed E-state index contributed by atoms with van der Waals surface area (Å²) < 4.78 is 14.1. The largest absolute Gasteiger partial charge is 0.345 e. The quantitative estimate of drug-likeness (QED) is 0.878. The second-order valence-corrected chi connectivity index (χ2v) is 5.39. The van der Waals surface area contributed by atoms with Gasteiger partial charge in [0.1, 0.15) is 5.82 Å². The molecule has 1 atom stereocenters. The zero-order valence-electron chi connectivity index (χ0n) is 9.52. The minimum Gasteiger partial charge on any atom is -0.345 e. The van der Waals surface area contributed by atoms with E-state index in [4.69, 9.17) is 0 Å². The van der Waals surface area contributed by atoms with Crippen molar-refractivity contribution < 1.29 is 9.18 Å². The number of carbonyl (C=O) groups excluding carboxylic acids is 1. The number of hydrogen-bond donors (Lipinski definition) is 2. The normalized spacial score (nSPS) is 23.7. The first-order chi connectivity index (χ1) is 8.02. The van der Waals surface area contributed by atoms with E-state index in [1.807, 2.05) is 6.92 Å². The number of amides is 1. The van der Waals surface area contributed by atoms with Crippen LogP contribution >= 0.6 is 15.9 Å². The van der Waals surface area contributed by atoms with Gasteiger partial charge in [-0.05, 0) is 48.0 Å². The van der Waals surface area contributed by atoms with Crippen molar-refractivity contribution in [3.8, 4) is 0 Å². The fourth-order valence-electron chi connectivity index (χ4n) is 1.97. The van der Waals surface area contributed by atoms with Gasteiger partial charge in [0.2, 0.25) is 0 Å². The van der Waals surface area contributed by atoms with Crippen molar-refractivity contribution in [3.63, 3.8) is 0 Å². The standard InChI is InChI=1S/C12H14BrFN2O/c1-12(5-6-15-7-12)16-11(17)10-8(13)3-2-4-9(10)14/h2-4,15H,5-7H2,1H3,(H,16,17). The van der Waals surface area contributed by atoms with Crippen molar-refractivity contribution in [1.82, 2.24) is 10.6 Å². The zero-order chi connectivity index (χ0) is 12.5. The summed E-state index contributed by atoms with van der Waals surface area (Å²) in [6, 6.07) is 4.51. The molecular weight excluding hydrogens is 287 g/mol. The summed E-state index contributed by atoms with van der Waals surface area (Å²) in [5.74, 6) is -0.882. The molecule has 2 rings (SSSR count). The number of carbonyl (C=O) groups is 1. The number of nitrogens with one attached hydrogen (secondary N) is 2. The molecule has 1 fully saturated rings. The Morgan fingerprint density at radius 1 is 1.59 bits per heavy atom. The Labute approximate surface area is 108 Å². The van der Waals surface area contributed by atoms with Crippen molar-refractivity contribution in [1.29, 1.82) is 0 Å². The van der Waals surface area contributed by atoms with Crippen LogP contribution in [0.5, 0.6) is 0 Å². The first-order valence-electron chi connectivity index (χ1n) is 5.49. The van der Waals surface area contributed by atoms with Gasteiger partial charge in [-0.1, -0.05) is 6.07 Å². The summed E-state index contributed by atoms with van der Waals surface area (Å²) in [5, 5.41) is 6.06. The third-order valence-electron chi connectivity index (χ3n) is 2.97. The molecule has 0 aromatic heterocycles. The van der Waals surface area contributed by atoms with Crippen LogP contribution in [0.4, 0.5) is 4.39 Å². The molecular formula is C12H14BrFN2O. The van der Waals surface area contributed by atoms with E-state index >= 15 is 0 Å². The molecule has 1 unspecified atom stereocenters. The van der Waals surface area contributed by atoms with Crippen molar-refractivity contribution in [2.24, 2.45) is 0 Å². The molecule has 3 nitrogen and oxygen atoms in total. The average molecular weight is 301 g/mol. The predicted octanol–water partition coefficient (Wildman–Crippen LogP) is 2.07. The molecule has 2 N–H and O–H groups in total. The van der Waals surface area contributed by atoms with E-state index in [1.165, 1.54) is 6.07 Å². The highest BCUT2D eigenvalue weighted by Gasteiger charge is 2.31. The molecule has 1 amide bonds. The van der Waals surface area contributed by atoms with Gasteiger partial charge in [0.05, 0.1) is 11.1 Å². The number of hydrogen-bond acceptors (Lipinski definition) is 2. The van der Waals surface area contributed by atoms with Gasteiger partial charge in [0.25, 0.3) is 5.91 Å². The van der Waals surface area contributed by atoms with Crippen molar-refractivity contribution >= 4 is 21.8 Å². The Morgan fingerprint density at radius 3 is 2.94 bits per heavy atom. The first-order valence-corrected chi connectivity index (χ1v) is 6.28. The lowest BCUT2D eigenvalue weighted by molar-refractivity contribution is 0.0908. The molecule has 5 heteroatoms. The molecule has 0 saturated carbocycles. The molecule has 0 radical (unpaired) electrons. The lowest BCUT2D eigenvalue weighted by Gasteiger charge is -2.24. The molecule has 1 aromatic carbocycles. The maximum atomic E-state index is 13.6. The summed E-state index contributed by atoms with van der Waals surface area (Å²) in [7, 11) is 0. The Kier molecular flexibility index (Phi) is 3.49. The summed E-state index contributed by atoms with van der Waals surface area (Å²) in [6.45, 7) is 3.54. The van der Waals surface area contributed by atoms with Gasteiger partial charge in [0, 0.05) is 11.0 Å². The van der Waals surface area contributed by atoms with Crippen LogP contribution in [0.2, 0.25) is 0 Å². The van der Waals surface area contributed by atoms with E-state index in [0.29, 0.717) is 11.0 Å². The lowest BCUT2D eigenvalue weighted by atomic mass is 10.0. The maximum Gasteiger partial charge on any atom is 0.255 e. The average Bonchev–Trinajstić information content (AvgIpc) is 2.64. The van der Waals surface area contributed by atoms with Crippen LogP contribution < -0.4 is 10.6 Å². The summed E-state index contributed by atoms with van der Waals surface area (Å²) in [4.78, 5) is 12.0. The molecule has 0 aliphatic carbocycles. The van der Waals surface area contributed by atoms with Gasteiger partial charge in [-0.15, -0.1) is 0 Å². The highest BCUT2D eigenvalue weighted by Crippen LogP contribution is 2.21. The van der Waals surface area contributed by atoms with E-state index < -0.39 is 5.82 Å². The molecule has 17 heavy (non-hydrogen) atoms. The lowest BCUT2D eigenvalue weighted by Crippen LogP contribution is -2.47. The summed E-state index contributed by atoms with van der Waals surface area (Å²) >= 11 is 3.20. The summed E-state index contributed by atoms with van der Waals surface area (Å²) in [5.41, 5.74) is -0.223. The Bertz CT molecular complexity index is 424. The molecule has 1 aromatic rings. The van der Waals surface area contributed by atoms with Gasteiger partial charge < -0.3 is 10.6 Å². The van der Waals surface area contributed by atoms with Gasteiger partial charge in [-0.2, -0.15) is 0 Å². The van der Waals surface area contributed by atoms with Crippen LogP contribution in [0, 0.1) is 5.82 Å². The van der Waals surface area contributed by atoms with Crippen LogP contribution in [-0.4, -0.2) is 24.5 Å². The van der Waals surface area contributed by atoms with Gasteiger partial charge in [-0.25, -0.2) is 4.39 Å². The summed E-state index contributed by atoms with van der Waals surface area (Å²) in [6.07, 6.45) is 0.852. The minimum absolute atomic E-state index is 0.0700. The Balaban J connectivity index is 2.20. The van der Waals surface area contributed by atoms with Crippen molar-refractivity contribution in [2.75, 3.05) is 13.1 Å². The van der Waals surface area contributed by atoms with Crippen LogP contribution in [0.3, 0.4) is 0 Å². The molecule has 1 saturated heterocycles. The monoisotopic (exact) mass is 300 g/mol.